The minimum Gasteiger partial charge on any atom is -0.330 e. The molecule has 0 aliphatic rings. The summed E-state index contributed by atoms with van der Waals surface area (Å²) >= 11 is 0. The molecule has 96 valence electrons. The highest BCUT2D eigenvalue weighted by molar-refractivity contribution is 5.30. The lowest BCUT2D eigenvalue weighted by molar-refractivity contribution is 0.311. The summed E-state index contributed by atoms with van der Waals surface area (Å²) < 4.78 is 1.78. The van der Waals surface area contributed by atoms with Crippen molar-refractivity contribution in [3.05, 3.63) is 36.2 Å². The fourth-order valence-corrected chi connectivity index (χ4v) is 1.81. The lowest BCUT2D eigenvalue weighted by atomic mass is 9.84. The summed E-state index contributed by atoms with van der Waals surface area (Å²) in [5.74, 6) is 0.857. The van der Waals surface area contributed by atoms with Gasteiger partial charge in [0.2, 0.25) is 0 Å². The first-order chi connectivity index (χ1) is 8.68. The van der Waals surface area contributed by atoms with Crippen molar-refractivity contribution in [2.75, 3.05) is 6.54 Å². The number of hydrogen-bond acceptors (Lipinski definition) is 4. The van der Waals surface area contributed by atoms with Crippen LogP contribution in [-0.4, -0.2) is 26.8 Å². The number of tetrazole rings is 1. The molecule has 5 heteroatoms. The Morgan fingerprint density at radius 3 is 2.61 bits per heavy atom. The molecule has 0 saturated carbocycles. The second-order valence-electron chi connectivity index (χ2n) is 4.89. The van der Waals surface area contributed by atoms with Crippen LogP contribution in [0.25, 0.3) is 5.69 Å². The maximum Gasteiger partial charge on any atom is 0.157 e. The molecule has 0 spiro atoms. The zero-order chi connectivity index (χ0) is 13.0. The highest BCUT2D eigenvalue weighted by atomic mass is 15.5. The van der Waals surface area contributed by atoms with E-state index in [1.807, 2.05) is 30.3 Å². The van der Waals surface area contributed by atoms with Crippen LogP contribution < -0.4 is 5.73 Å². The Kier molecular flexibility index (Phi) is 3.72. The van der Waals surface area contributed by atoms with Crippen LogP contribution in [0, 0.1) is 5.41 Å². The molecule has 1 aromatic heterocycles. The average Bonchev–Trinajstić information content (AvgIpc) is 2.87. The Bertz CT molecular complexity index is 487. The molecule has 0 fully saturated rings. The van der Waals surface area contributed by atoms with E-state index >= 15 is 0 Å². The van der Waals surface area contributed by atoms with Crippen molar-refractivity contribution in [3.63, 3.8) is 0 Å². The zero-order valence-corrected chi connectivity index (χ0v) is 10.9. The minimum atomic E-state index is 0.0429. The van der Waals surface area contributed by atoms with Gasteiger partial charge in [-0.3, -0.25) is 0 Å². The predicted molar refractivity (Wildman–Crippen MR) is 70.3 cm³/mol. The van der Waals surface area contributed by atoms with Gasteiger partial charge in [-0.1, -0.05) is 32.0 Å². The van der Waals surface area contributed by atoms with Crippen LogP contribution in [0.1, 0.15) is 26.1 Å². The fraction of sp³-hybridized carbons (Fsp3) is 0.462. The third-order valence-electron chi connectivity index (χ3n) is 3.47. The molecule has 1 atom stereocenters. The van der Waals surface area contributed by atoms with E-state index in [9.17, 15) is 0 Å². The van der Waals surface area contributed by atoms with Crippen molar-refractivity contribution < 1.29 is 0 Å². The molecular formula is C13H19N5. The molecule has 2 aromatic rings. The minimum absolute atomic E-state index is 0.0429. The third kappa shape index (κ3) is 2.56. The molecule has 0 aliphatic heterocycles. The first-order valence-corrected chi connectivity index (χ1v) is 6.21. The van der Waals surface area contributed by atoms with Crippen molar-refractivity contribution in [1.82, 2.24) is 20.2 Å². The largest absolute Gasteiger partial charge is 0.330 e. The number of nitrogens with two attached hydrogens (primary N) is 1. The average molecular weight is 245 g/mol. The van der Waals surface area contributed by atoms with E-state index in [1.165, 1.54) is 0 Å². The highest BCUT2D eigenvalue weighted by Crippen LogP contribution is 2.24. The van der Waals surface area contributed by atoms with Crippen LogP contribution in [-0.2, 0) is 6.42 Å². The summed E-state index contributed by atoms with van der Waals surface area (Å²) in [6.45, 7) is 4.94. The van der Waals surface area contributed by atoms with Crippen molar-refractivity contribution in [1.29, 1.82) is 0 Å². The molecule has 0 bridgehead atoms. The second kappa shape index (κ2) is 5.27. The number of aromatic nitrogens is 4. The van der Waals surface area contributed by atoms with E-state index in [4.69, 9.17) is 5.73 Å². The smallest absolute Gasteiger partial charge is 0.157 e. The van der Waals surface area contributed by atoms with Crippen LogP contribution in [0.3, 0.4) is 0 Å². The summed E-state index contributed by atoms with van der Waals surface area (Å²) in [4.78, 5) is 0. The quantitative estimate of drug-likeness (QED) is 0.868. The molecule has 0 aliphatic carbocycles. The Labute approximate surface area is 107 Å². The maximum atomic E-state index is 5.85. The van der Waals surface area contributed by atoms with Gasteiger partial charge >= 0.3 is 0 Å². The number of rotatable bonds is 5. The van der Waals surface area contributed by atoms with Gasteiger partial charge in [0, 0.05) is 6.42 Å². The molecule has 0 saturated heterocycles. The Morgan fingerprint density at radius 2 is 2.00 bits per heavy atom. The molecule has 1 unspecified atom stereocenters. The second-order valence-corrected chi connectivity index (χ2v) is 4.89. The fourth-order valence-electron chi connectivity index (χ4n) is 1.81. The van der Waals surface area contributed by atoms with Gasteiger partial charge in [-0.05, 0) is 40.9 Å². The maximum absolute atomic E-state index is 5.85. The van der Waals surface area contributed by atoms with Gasteiger partial charge in [-0.25, -0.2) is 0 Å². The molecule has 1 heterocycles. The topological polar surface area (TPSA) is 69.6 Å². The monoisotopic (exact) mass is 245 g/mol. The van der Waals surface area contributed by atoms with Crippen molar-refractivity contribution in [2.24, 2.45) is 11.1 Å². The SMILES string of the molecule is CCC(C)(CN)Cc1nnnn1-c1ccccc1. The summed E-state index contributed by atoms with van der Waals surface area (Å²) in [6, 6.07) is 9.91. The third-order valence-corrected chi connectivity index (χ3v) is 3.47. The molecule has 2 N–H and O–H groups in total. The Balaban J connectivity index is 2.29. The van der Waals surface area contributed by atoms with Gasteiger partial charge in [0.25, 0.3) is 0 Å². The lowest BCUT2D eigenvalue weighted by Crippen LogP contribution is -2.30. The van der Waals surface area contributed by atoms with E-state index in [2.05, 4.69) is 29.4 Å². The van der Waals surface area contributed by atoms with Crippen LogP contribution in [0.15, 0.2) is 30.3 Å². The number of para-hydroxylation sites is 1. The summed E-state index contributed by atoms with van der Waals surface area (Å²) in [5.41, 5.74) is 6.87. The van der Waals surface area contributed by atoms with Gasteiger partial charge in [0.15, 0.2) is 5.82 Å². The van der Waals surface area contributed by atoms with Gasteiger partial charge in [0.05, 0.1) is 5.69 Å². The van der Waals surface area contributed by atoms with E-state index in [0.29, 0.717) is 6.54 Å². The van der Waals surface area contributed by atoms with Gasteiger partial charge < -0.3 is 5.73 Å². The van der Waals surface area contributed by atoms with Crippen molar-refractivity contribution >= 4 is 0 Å². The molecular weight excluding hydrogens is 226 g/mol. The summed E-state index contributed by atoms with van der Waals surface area (Å²) in [5, 5.41) is 11.9. The van der Waals surface area contributed by atoms with E-state index in [0.717, 1.165) is 24.4 Å². The number of hydrogen-bond donors (Lipinski definition) is 1. The molecule has 5 nitrogen and oxygen atoms in total. The summed E-state index contributed by atoms with van der Waals surface area (Å²) in [7, 11) is 0. The zero-order valence-electron chi connectivity index (χ0n) is 10.9. The first kappa shape index (κ1) is 12.7. The number of benzene rings is 1. The van der Waals surface area contributed by atoms with Crippen LogP contribution in [0.5, 0.6) is 0 Å². The molecule has 18 heavy (non-hydrogen) atoms. The lowest BCUT2D eigenvalue weighted by Gasteiger charge is -2.25. The van der Waals surface area contributed by atoms with E-state index < -0.39 is 0 Å². The van der Waals surface area contributed by atoms with Crippen LogP contribution in [0.4, 0.5) is 0 Å². The van der Waals surface area contributed by atoms with Crippen molar-refractivity contribution in [3.8, 4) is 5.69 Å². The molecule has 0 radical (unpaired) electrons. The molecule has 0 amide bonds. The molecule has 2 rings (SSSR count). The highest BCUT2D eigenvalue weighted by Gasteiger charge is 2.24. The van der Waals surface area contributed by atoms with Crippen LogP contribution >= 0.6 is 0 Å². The van der Waals surface area contributed by atoms with Gasteiger partial charge in [-0.2, -0.15) is 4.68 Å². The standard InChI is InChI=1S/C13H19N5/c1-3-13(2,10-14)9-12-15-16-17-18(12)11-7-5-4-6-8-11/h4-8H,3,9-10,14H2,1-2H3. The number of nitrogens with zero attached hydrogens (tertiary/aromatic N) is 4. The van der Waals surface area contributed by atoms with Crippen LogP contribution in [0.2, 0.25) is 0 Å². The normalized spacial score (nSPS) is 14.4. The van der Waals surface area contributed by atoms with E-state index in [-0.39, 0.29) is 5.41 Å². The van der Waals surface area contributed by atoms with Gasteiger partial charge in [-0.15, -0.1) is 5.10 Å². The van der Waals surface area contributed by atoms with Crippen molar-refractivity contribution in [2.45, 2.75) is 26.7 Å². The Hall–Kier alpha value is -1.75. The summed E-state index contributed by atoms with van der Waals surface area (Å²) in [6.07, 6.45) is 1.78. The van der Waals surface area contributed by atoms with Gasteiger partial charge in [0.1, 0.15) is 0 Å². The van der Waals surface area contributed by atoms with E-state index in [1.54, 1.807) is 4.68 Å². The Morgan fingerprint density at radius 1 is 1.28 bits per heavy atom. The molecule has 1 aromatic carbocycles. The predicted octanol–water partition coefficient (Wildman–Crippen LogP) is 1.58. The first-order valence-electron chi connectivity index (χ1n) is 6.21.